The van der Waals surface area contributed by atoms with Crippen LogP contribution < -0.4 is 9.62 Å². The van der Waals surface area contributed by atoms with Crippen molar-refractivity contribution in [2.45, 2.75) is 12.8 Å². The molecule has 0 unspecified atom stereocenters. The van der Waals surface area contributed by atoms with E-state index in [1.54, 1.807) is 24.3 Å². The molecule has 0 aliphatic rings. The number of sulfonamides is 1. The first kappa shape index (κ1) is 19.3. The van der Waals surface area contributed by atoms with Crippen molar-refractivity contribution < 1.29 is 13.2 Å². The third kappa shape index (κ3) is 6.07. The van der Waals surface area contributed by atoms with Gasteiger partial charge in [-0.15, -0.1) is 0 Å². The number of anilines is 1. The standard InChI is InChI=1S/C18H21ClN2O3S/c1-25(23,24)21(17-10-6-5-9-16(17)19)14-13-20-18(22)12-11-15-7-3-2-4-8-15/h2-10H,11-14H2,1H3,(H,20,22). The number of benzene rings is 2. The number of hydrogen-bond donors (Lipinski definition) is 1. The molecule has 134 valence electrons. The maximum absolute atomic E-state index is 12.0. The molecule has 7 heteroatoms. The number of nitrogens with one attached hydrogen (secondary N) is 1. The summed E-state index contributed by atoms with van der Waals surface area (Å²) in [5, 5.41) is 3.11. The molecule has 2 rings (SSSR count). The Kier molecular flexibility index (Phi) is 6.84. The smallest absolute Gasteiger partial charge is 0.232 e. The van der Waals surface area contributed by atoms with Crippen LogP contribution in [0.4, 0.5) is 5.69 Å². The molecule has 1 amide bonds. The highest BCUT2D eigenvalue weighted by Crippen LogP contribution is 2.26. The molecule has 0 heterocycles. The first-order valence-electron chi connectivity index (χ1n) is 7.91. The van der Waals surface area contributed by atoms with Crippen LogP contribution in [0.3, 0.4) is 0 Å². The van der Waals surface area contributed by atoms with Gasteiger partial charge in [-0.2, -0.15) is 0 Å². The van der Waals surface area contributed by atoms with Crippen LogP contribution in [0.25, 0.3) is 0 Å². The summed E-state index contributed by atoms with van der Waals surface area (Å²) in [6.45, 7) is 0.339. The van der Waals surface area contributed by atoms with Crippen LogP contribution in [0.2, 0.25) is 5.02 Å². The molecule has 0 aliphatic carbocycles. The van der Waals surface area contributed by atoms with Crippen LogP contribution in [0.5, 0.6) is 0 Å². The average Bonchev–Trinajstić information content (AvgIpc) is 2.58. The van der Waals surface area contributed by atoms with Crippen LogP contribution in [-0.4, -0.2) is 33.7 Å². The molecule has 0 spiro atoms. The molecule has 0 radical (unpaired) electrons. The lowest BCUT2D eigenvalue weighted by molar-refractivity contribution is -0.120. The van der Waals surface area contributed by atoms with Crippen LogP contribution in [0.15, 0.2) is 54.6 Å². The minimum absolute atomic E-state index is 0.114. The molecule has 0 aliphatic heterocycles. The Hall–Kier alpha value is -2.05. The van der Waals surface area contributed by atoms with Gasteiger partial charge < -0.3 is 5.32 Å². The van der Waals surface area contributed by atoms with Gasteiger partial charge in [0, 0.05) is 13.0 Å². The van der Waals surface area contributed by atoms with E-state index in [0.717, 1.165) is 11.8 Å². The number of para-hydroxylation sites is 1. The van der Waals surface area contributed by atoms with Gasteiger partial charge in [-0.05, 0) is 24.1 Å². The van der Waals surface area contributed by atoms with E-state index in [0.29, 0.717) is 23.6 Å². The number of halogens is 1. The first-order chi connectivity index (χ1) is 11.9. The molecule has 5 nitrogen and oxygen atoms in total. The predicted octanol–water partition coefficient (Wildman–Crippen LogP) is 2.86. The monoisotopic (exact) mass is 380 g/mol. The lowest BCUT2D eigenvalue weighted by Gasteiger charge is -2.23. The average molecular weight is 381 g/mol. The fraction of sp³-hybridized carbons (Fsp3) is 0.278. The fourth-order valence-electron chi connectivity index (χ4n) is 2.41. The topological polar surface area (TPSA) is 66.5 Å². The largest absolute Gasteiger partial charge is 0.354 e. The molecule has 0 saturated carbocycles. The number of nitrogens with zero attached hydrogens (tertiary/aromatic N) is 1. The highest BCUT2D eigenvalue weighted by molar-refractivity contribution is 7.92. The molecule has 0 saturated heterocycles. The van der Waals surface area contributed by atoms with Crippen molar-refractivity contribution in [3.8, 4) is 0 Å². The van der Waals surface area contributed by atoms with E-state index in [9.17, 15) is 13.2 Å². The van der Waals surface area contributed by atoms with Crippen LogP contribution >= 0.6 is 11.6 Å². The second-order valence-corrected chi connectivity index (χ2v) is 7.94. The third-order valence-corrected chi connectivity index (χ3v) is 5.14. The summed E-state index contributed by atoms with van der Waals surface area (Å²) < 4.78 is 25.3. The Bertz CT molecular complexity index is 810. The van der Waals surface area contributed by atoms with Crippen molar-refractivity contribution in [1.82, 2.24) is 5.32 Å². The quantitative estimate of drug-likeness (QED) is 0.765. The molecule has 1 N–H and O–H groups in total. The molecule has 0 bridgehead atoms. The van der Waals surface area contributed by atoms with Crippen LogP contribution in [0.1, 0.15) is 12.0 Å². The molecule has 25 heavy (non-hydrogen) atoms. The number of carbonyl (C=O) groups is 1. The summed E-state index contributed by atoms with van der Waals surface area (Å²) in [6.07, 6.45) is 2.12. The molecule has 2 aromatic carbocycles. The van der Waals surface area contributed by atoms with Crippen LogP contribution in [0, 0.1) is 0 Å². The second kappa shape index (κ2) is 8.87. The van der Waals surface area contributed by atoms with Crippen molar-refractivity contribution in [2.75, 3.05) is 23.7 Å². The van der Waals surface area contributed by atoms with Gasteiger partial charge in [0.15, 0.2) is 0 Å². The van der Waals surface area contributed by atoms with Gasteiger partial charge in [0.2, 0.25) is 15.9 Å². The summed E-state index contributed by atoms with van der Waals surface area (Å²) in [4.78, 5) is 11.9. The van der Waals surface area contributed by atoms with E-state index < -0.39 is 10.0 Å². The molecule has 0 atom stereocenters. The Morgan fingerprint density at radius 3 is 2.36 bits per heavy atom. The molecule has 2 aromatic rings. The zero-order chi connectivity index (χ0) is 18.3. The third-order valence-electron chi connectivity index (χ3n) is 3.64. The molecule has 0 aromatic heterocycles. The van der Waals surface area contributed by atoms with Gasteiger partial charge in [-0.3, -0.25) is 9.10 Å². The summed E-state index contributed by atoms with van der Waals surface area (Å²) in [5.74, 6) is -0.114. The zero-order valence-electron chi connectivity index (χ0n) is 14.0. The van der Waals surface area contributed by atoms with E-state index in [-0.39, 0.29) is 19.0 Å². The Morgan fingerprint density at radius 2 is 1.72 bits per heavy atom. The molecular weight excluding hydrogens is 360 g/mol. The van der Waals surface area contributed by atoms with E-state index >= 15 is 0 Å². The van der Waals surface area contributed by atoms with Crippen molar-refractivity contribution in [3.05, 3.63) is 65.2 Å². The Labute approximate surface area is 153 Å². The predicted molar refractivity (Wildman–Crippen MR) is 101 cm³/mol. The minimum atomic E-state index is -3.50. The van der Waals surface area contributed by atoms with Gasteiger partial charge in [-0.25, -0.2) is 8.42 Å². The Balaban J connectivity index is 1.89. The van der Waals surface area contributed by atoms with E-state index in [1.165, 1.54) is 4.31 Å². The number of rotatable bonds is 8. The maximum atomic E-state index is 12.0. The minimum Gasteiger partial charge on any atom is -0.354 e. The van der Waals surface area contributed by atoms with E-state index in [1.807, 2.05) is 30.3 Å². The zero-order valence-corrected chi connectivity index (χ0v) is 15.6. The SMILES string of the molecule is CS(=O)(=O)N(CCNC(=O)CCc1ccccc1)c1ccccc1Cl. The van der Waals surface area contributed by atoms with Gasteiger partial charge >= 0.3 is 0 Å². The van der Waals surface area contributed by atoms with Gasteiger partial charge in [0.25, 0.3) is 0 Å². The van der Waals surface area contributed by atoms with Gasteiger partial charge in [-0.1, -0.05) is 54.1 Å². The summed E-state index contributed by atoms with van der Waals surface area (Å²) in [5.41, 5.74) is 1.50. The fourth-order valence-corrected chi connectivity index (χ4v) is 3.63. The van der Waals surface area contributed by atoms with Crippen LogP contribution in [-0.2, 0) is 21.2 Å². The lowest BCUT2D eigenvalue weighted by Crippen LogP contribution is -2.38. The number of carbonyl (C=O) groups excluding carboxylic acids is 1. The summed E-state index contributed by atoms with van der Waals surface area (Å²) in [6, 6.07) is 16.5. The van der Waals surface area contributed by atoms with Crippen molar-refractivity contribution in [1.29, 1.82) is 0 Å². The molecule has 0 fully saturated rings. The number of aryl methyl sites for hydroxylation is 1. The number of hydrogen-bond acceptors (Lipinski definition) is 3. The highest BCUT2D eigenvalue weighted by atomic mass is 35.5. The maximum Gasteiger partial charge on any atom is 0.232 e. The molecular formula is C18H21ClN2O3S. The van der Waals surface area contributed by atoms with E-state index in [4.69, 9.17) is 11.6 Å². The summed E-state index contributed by atoms with van der Waals surface area (Å²) in [7, 11) is -3.50. The Morgan fingerprint density at radius 1 is 1.08 bits per heavy atom. The summed E-state index contributed by atoms with van der Waals surface area (Å²) >= 11 is 6.09. The normalized spacial score (nSPS) is 11.1. The van der Waals surface area contributed by atoms with E-state index in [2.05, 4.69) is 5.32 Å². The second-order valence-electron chi connectivity index (χ2n) is 5.62. The van der Waals surface area contributed by atoms with Gasteiger partial charge in [0.05, 0.1) is 23.5 Å². The highest BCUT2D eigenvalue weighted by Gasteiger charge is 2.19. The first-order valence-corrected chi connectivity index (χ1v) is 10.1. The number of amides is 1. The lowest BCUT2D eigenvalue weighted by atomic mass is 10.1. The van der Waals surface area contributed by atoms with Crippen molar-refractivity contribution in [2.24, 2.45) is 0 Å². The van der Waals surface area contributed by atoms with Gasteiger partial charge in [0.1, 0.15) is 0 Å². The van der Waals surface area contributed by atoms with Crippen molar-refractivity contribution >= 4 is 33.2 Å². The van der Waals surface area contributed by atoms with Crippen molar-refractivity contribution in [3.63, 3.8) is 0 Å².